The average Bonchev–Trinajstić information content (AvgIpc) is 2.03. The van der Waals surface area contributed by atoms with Crippen LogP contribution in [0.1, 0.15) is 10.4 Å². The van der Waals surface area contributed by atoms with Crippen LogP contribution in [0.25, 0.3) is 0 Å². The Kier molecular flexibility index (Phi) is 3.28. The van der Waals surface area contributed by atoms with E-state index in [1.807, 2.05) is 0 Å². The Hall–Kier alpha value is -0.360. The zero-order valence-electron chi connectivity index (χ0n) is 5.49. The largest absolute Gasteiger partial charge is 0.323 e. The van der Waals surface area contributed by atoms with Crippen LogP contribution in [0, 0.1) is 0 Å². The molecule has 0 saturated heterocycles. The maximum Gasteiger partial charge on any atom is 0.217 e. The Morgan fingerprint density at radius 2 is 1.83 bits per heavy atom. The van der Waals surface area contributed by atoms with Crippen molar-refractivity contribution in [3.8, 4) is 0 Å². The molecule has 0 aliphatic heterocycles. The van der Waals surface area contributed by atoms with E-state index in [1.165, 1.54) is 0 Å². The number of carbonyl (C=O) groups excluding carboxylic acids is 1. The van der Waals surface area contributed by atoms with E-state index in [9.17, 15) is 4.79 Å². The molecule has 0 radical (unpaired) electrons. The van der Waals surface area contributed by atoms with Crippen molar-refractivity contribution in [1.82, 2.24) is 9.97 Å². The van der Waals surface area contributed by atoms with Crippen molar-refractivity contribution in [1.29, 1.82) is 0 Å². The van der Waals surface area contributed by atoms with Gasteiger partial charge in [-0.3, -0.25) is 4.79 Å². The monoisotopic (exact) mass is 224 g/mol. The Morgan fingerprint density at radius 1 is 1.33 bits per heavy atom. The van der Waals surface area contributed by atoms with E-state index in [-0.39, 0.29) is 21.0 Å². The molecular formula is C5H2Cl2N2O2S. The summed E-state index contributed by atoms with van der Waals surface area (Å²) in [6.07, 6.45) is 0.455. The van der Waals surface area contributed by atoms with Crippen LogP contribution in [0.15, 0.2) is 5.16 Å². The van der Waals surface area contributed by atoms with Crippen molar-refractivity contribution in [2.75, 3.05) is 0 Å². The molecule has 0 atom stereocenters. The van der Waals surface area contributed by atoms with Crippen molar-refractivity contribution in [2.45, 2.75) is 5.16 Å². The van der Waals surface area contributed by atoms with E-state index in [0.717, 1.165) is 0 Å². The standard InChI is InChI=1S/C5H2Cl2N2O2S/c6-3-2(1-10)4(7)9-5(8-3)12-11/h1,11H. The molecule has 64 valence electrons. The fraction of sp³-hybridized carbons (Fsp3) is 0. The Balaban J connectivity index is 3.27. The van der Waals surface area contributed by atoms with Crippen LogP contribution in [-0.2, 0) is 0 Å². The number of nitrogens with zero attached hydrogens (tertiary/aromatic N) is 2. The fourth-order valence-corrected chi connectivity index (χ4v) is 1.38. The van der Waals surface area contributed by atoms with Gasteiger partial charge >= 0.3 is 0 Å². The number of aldehydes is 1. The van der Waals surface area contributed by atoms with E-state index in [1.54, 1.807) is 0 Å². The van der Waals surface area contributed by atoms with Gasteiger partial charge in [0.1, 0.15) is 10.3 Å². The minimum absolute atomic E-state index is 0.00981. The topological polar surface area (TPSA) is 63.1 Å². The van der Waals surface area contributed by atoms with Gasteiger partial charge in [-0.2, -0.15) is 0 Å². The summed E-state index contributed by atoms with van der Waals surface area (Å²) in [6.45, 7) is 0. The van der Waals surface area contributed by atoms with Gasteiger partial charge < -0.3 is 4.55 Å². The molecule has 7 heteroatoms. The van der Waals surface area contributed by atoms with E-state index >= 15 is 0 Å². The molecule has 0 bridgehead atoms. The van der Waals surface area contributed by atoms with Crippen molar-refractivity contribution in [3.63, 3.8) is 0 Å². The van der Waals surface area contributed by atoms with Crippen molar-refractivity contribution in [3.05, 3.63) is 15.9 Å². The molecule has 0 aliphatic carbocycles. The maximum atomic E-state index is 10.3. The van der Waals surface area contributed by atoms with Crippen molar-refractivity contribution < 1.29 is 9.35 Å². The van der Waals surface area contributed by atoms with Crippen molar-refractivity contribution in [2.24, 2.45) is 0 Å². The van der Waals surface area contributed by atoms with Crippen LogP contribution in [0.5, 0.6) is 0 Å². The molecule has 12 heavy (non-hydrogen) atoms. The maximum absolute atomic E-state index is 10.3. The van der Waals surface area contributed by atoms with E-state index in [2.05, 4.69) is 9.97 Å². The number of aromatic nitrogens is 2. The third kappa shape index (κ3) is 1.87. The highest BCUT2D eigenvalue weighted by atomic mass is 35.5. The van der Waals surface area contributed by atoms with Gasteiger partial charge in [0, 0.05) is 0 Å². The second-order valence-corrected chi connectivity index (χ2v) is 2.97. The van der Waals surface area contributed by atoms with Gasteiger partial charge in [0.05, 0.1) is 17.6 Å². The molecule has 0 spiro atoms. The minimum Gasteiger partial charge on any atom is -0.323 e. The molecule has 1 aromatic heterocycles. The summed E-state index contributed by atoms with van der Waals surface area (Å²) in [7, 11) is 0. The molecular weight excluding hydrogens is 223 g/mol. The fourth-order valence-electron chi connectivity index (χ4n) is 0.537. The molecule has 1 rings (SSSR count). The molecule has 0 saturated carbocycles. The summed E-state index contributed by atoms with van der Waals surface area (Å²) in [5.41, 5.74) is 0.0242. The molecule has 1 heterocycles. The highest BCUT2D eigenvalue weighted by Gasteiger charge is 2.10. The van der Waals surface area contributed by atoms with Gasteiger partial charge in [-0.1, -0.05) is 23.2 Å². The van der Waals surface area contributed by atoms with Gasteiger partial charge in [0.25, 0.3) is 0 Å². The summed E-state index contributed by atoms with van der Waals surface area (Å²) >= 11 is 11.4. The molecule has 4 nitrogen and oxygen atoms in total. The first-order chi connectivity index (χ1) is 5.69. The van der Waals surface area contributed by atoms with Crippen LogP contribution in [0.4, 0.5) is 0 Å². The van der Waals surface area contributed by atoms with E-state index < -0.39 is 0 Å². The number of hydrogen-bond donors (Lipinski definition) is 1. The molecule has 0 fully saturated rings. The van der Waals surface area contributed by atoms with Gasteiger partial charge in [-0.15, -0.1) is 0 Å². The number of rotatable bonds is 2. The second kappa shape index (κ2) is 4.04. The van der Waals surface area contributed by atoms with Crippen LogP contribution in [0.2, 0.25) is 10.3 Å². The summed E-state index contributed by atoms with van der Waals surface area (Å²) in [4.78, 5) is 17.5. The number of halogens is 2. The Labute approximate surface area is 82.1 Å². The molecule has 0 unspecified atom stereocenters. The summed E-state index contributed by atoms with van der Waals surface area (Å²) < 4.78 is 8.54. The third-order valence-corrected chi connectivity index (χ3v) is 1.95. The molecule has 0 aromatic carbocycles. The summed E-state index contributed by atoms with van der Waals surface area (Å²) in [6, 6.07) is 0. The number of carbonyl (C=O) groups is 1. The third-order valence-electron chi connectivity index (χ3n) is 1.03. The first-order valence-corrected chi connectivity index (χ1v) is 4.21. The first kappa shape index (κ1) is 9.73. The number of hydrogen-bond acceptors (Lipinski definition) is 5. The van der Waals surface area contributed by atoms with Crippen LogP contribution < -0.4 is 0 Å². The first-order valence-electron chi connectivity index (χ1n) is 2.68. The van der Waals surface area contributed by atoms with Crippen LogP contribution >= 0.6 is 35.2 Å². The molecule has 0 amide bonds. The Morgan fingerprint density at radius 3 is 2.17 bits per heavy atom. The van der Waals surface area contributed by atoms with E-state index in [4.69, 9.17) is 27.8 Å². The highest BCUT2D eigenvalue weighted by Crippen LogP contribution is 2.21. The summed E-state index contributed by atoms with van der Waals surface area (Å²) in [5.74, 6) is 0. The SMILES string of the molecule is O=Cc1c(Cl)nc(SO)nc1Cl. The zero-order chi connectivity index (χ0) is 9.14. The lowest BCUT2D eigenvalue weighted by Crippen LogP contribution is -1.94. The normalized spacial score (nSPS) is 9.92. The van der Waals surface area contributed by atoms with Crippen molar-refractivity contribution >= 4 is 41.5 Å². The second-order valence-electron chi connectivity index (χ2n) is 1.71. The lowest BCUT2D eigenvalue weighted by Gasteiger charge is -1.98. The Bertz CT molecular complexity index is 297. The van der Waals surface area contributed by atoms with E-state index in [0.29, 0.717) is 18.3 Å². The zero-order valence-corrected chi connectivity index (χ0v) is 7.82. The molecule has 1 N–H and O–H groups in total. The quantitative estimate of drug-likeness (QED) is 0.361. The molecule has 1 aromatic rings. The highest BCUT2D eigenvalue weighted by molar-refractivity contribution is 7.93. The molecule has 0 aliphatic rings. The van der Waals surface area contributed by atoms with Crippen LogP contribution in [0.3, 0.4) is 0 Å². The predicted octanol–water partition coefficient (Wildman–Crippen LogP) is 2.16. The lowest BCUT2D eigenvalue weighted by molar-refractivity contribution is 0.112. The van der Waals surface area contributed by atoms with Gasteiger partial charge in [-0.05, 0) is 0 Å². The van der Waals surface area contributed by atoms with Crippen LogP contribution in [-0.4, -0.2) is 20.8 Å². The lowest BCUT2D eigenvalue weighted by atomic mass is 10.4. The smallest absolute Gasteiger partial charge is 0.217 e. The predicted molar refractivity (Wildman–Crippen MR) is 45.9 cm³/mol. The van der Waals surface area contributed by atoms with Gasteiger partial charge in [0.15, 0.2) is 6.29 Å². The summed E-state index contributed by atoms with van der Waals surface area (Å²) in [5, 5.41) is -0.126. The minimum atomic E-state index is -0.0680. The average molecular weight is 225 g/mol. The van der Waals surface area contributed by atoms with Gasteiger partial charge in [0.2, 0.25) is 5.16 Å². The van der Waals surface area contributed by atoms with Gasteiger partial charge in [-0.25, -0.2) is 9.97 Å².